The van der Waals surface area contributed by atoms with E-state index in [4.69, 9.17) is 23.2 Å². The molecule has 0 nitrogen and oxygen atoms in total. The molecule has 1 aliphatic rings. The molecule has 0 aromatic rings. The number of halogens is 2. The zero-order chi connectivity index (χ0) is 7.72. The normalized spacial score (nSPS) is 20.4. The van der Waals surface area contributed by atoms with Gasteiger partial charge in [-0.2, -0.15) is 0 Å². The summed E-state index contributed by atoms with van der Waals surface area (Å²) in [5, 5.41) is 1.56. The van der Waals surface area contributed by atoms with Gasteiger partial charge in [-0.05, 0) is 32.3 Å². The van der Waals surface area contributed by atoms with Crippen LogP contribution >= 0.6 is 23.2 Å². The SMILES string of the molecule is CC1=C(C)C(Cl)=C(Cl)CC1. The lowest BCUT2D eigenvalue weighted by Gasteiger charge is -2.14. The third-order valence-corrected chi connectivity index (χ3v) is 2.91. The largest absolute Gasteiger partial charge is 0.0875 e. The van der Waals surface area contributed by atoms with Crippen LogP contribution in [0.3, 0.4) is 0 Å². The van der Waals surface area contributed by atoms with Crippen molar-refractivity contribution in [2.45, 2.75) is 26.7 Å². The van der Waals surface area contributed by atoms with Crippen molar-refractivity contribution >= 4 is 23.2 Å². The minimum atomic E-state index is 0.755. The molecule has 0 radical (unpaired) electrons. The fourth-order valence-corrected chi connectivity index (χ4v) is 1.48. The van der Waals surface area contributed by atoms with Gasteiger partial charge in [-0.25, -0.2) is 0 Å². The molecule has 0 amide bonds. The third-order valence-electron chi connectivity index (χ3n) is 1.93. The molecular formula is C8H10Cl2. The summed E-state index contributed by atoms with van der Waals surface area (Å²) in [7, 11) is 0. The lowest BCUT2D eigenvalue weighted by atomic mass is 10.00. The summed E-state index contributed by atoms with van der Waals surface area (Å²) < 4.78 is 0. The Morgan fingerprint density at radius 2 is 1.70 bits per heavy atom. The van der Waals surface area contributed by atoms with Crippen molar-refractivity contribution in [2.24, 2.45) is 0 Å². The Hall–Kier alpha value is 0.0600. The second kappa shape index (κ2) is 2.98. The van der Waals surface area contributed by atoms with Crippen LogP contribution in [0.25, 0.3) is 0 Å². The predicted octanol–water partition coefficient (Wildman–Crippen LogP) is 3.81. The molecule has 0 atom stereocenters. The van der Waals surface area contributed by atoms with E-state index in [9.17, 15) is 0 Å². The van der Waals surface area contributed by atoms with E-state index in [0.29, 0.717) is 0 Å². The monoisotopic (exact) mass is 176 g/mol. The molecular weight excluding hydrogens is 167 g/mol. The molecule has 0 spiro atoms. The van der Waals surface area contributed by atoms with Crippen molar-refractivity contribution in [3.05, 3.63) is 21.2 Å². The second-order valence-electron chi connectivity index (χ2n) is 2.62. The van der Waals surface area contributed by atoms with Gasteiger partial charge >= 0.3 is 0 Å². The van der Waals surface area contributed by atoms with Crippen LogP contribution in [0.1, 0.15) is 26.7 Å². The Kier molecular flexibility index (Phi) is 2.43. The highest BCUT2D eigenvalue weighted by atomic mass is 35.5. The van der Waals surface area contributed by atoms with Crippen LogP contribution in [-0.4, -0.2) is 0 Å². The molecule has 0 N–H and O–H groups in total. The van der Waals surface area contributed by atoms with E-state index in [1.807, 2.05) is 6.92 Å². The zero-order valence-corrected chi connectivity index (χ0v) is 7.68. The quantitative estimate of drug-likeness (QED) is 0.527. The molecule has 2 heteroatoms. The van der Waals surface area contributed by atoms with Gasteiger partial charge in [0.15, 0.2) is 0 Å². The van der Waals surface area contributed by atoms with Crippen molar-refractivity contribution < 1.29 is 0 Å². The molecule has 1 rings (SSSR count). The van der Waals surface area contributed by atoms with Gasteiger partial charge in [-0.1, -0.05) is 28.8 Å². The molecule has 0 aliphatic heterocycles. The van der Waals surface area contributed by atoms with Gasteiger partial charge in [0.1, 0.15) is 0 Å². The van der Waals surface area contributed by atoms with Crippen LogP contribution in [0.5, 0.6) is 0 Å². The van der Waals surface area contributed by atoms with Crippen molar-refractivity contribution in [2.75, 3.05) is 0 Å². The van der Waals surface area contributed by atoms with E-state index in [1.54, 1.807) is 0 Å². The molecule has 0 saturated carbocycles. The number of allylic oxidation sites excluding steroid dienone is 4. The van der Waals surface area contributed by atoms with E-state index < -0.39 is 0 Å². The molecule has 0 bridgehead atoms. The molecule has 0 saturated heterocycles. The first-order chi connectivity index (χ1) is 4.63. The van der Waals surface area contributed by atoms with Gasteiger partial charge in [0.25, 0.3) is 0 Å². The topological polar surface area (TPSA) is 0 Å². The Morgan fingerprint density at radius 3 is 2.20 bits per heavy atom. The van der Waals surface area contributed by atoms with Crippen LogP contribution < -0.4 is 0 Å². The molecule has 0 aromatic heterocycles. The first-order valence-corrected chi connectivity index (χ1v) is 4.09. The summed E-state index contributed by atoms with van der Waals surface area (Å²) in [6.45, 7) is 4.11. The number of hydrogen-bond acceptors (Lipinski definition) is 0. The van der Waals surface area contributed by atoms with Crippen molar-refractivity contribution in [1.82, 2.24) is 0 Å². The van der Waals surface area contributed by atoms with E-state index >= 15 is 0 Å². The lowest BCUT2D eigenvalue weighted by Crippen LogP contribution is -1.94. The van der Waals surface area contributed by atoms with Crippen molar-refractivity contribution in [3.8, 4) is 0 Å². The maximum absolute atomic E-state index is 5.90. The van der Waals surface area contributed by atoms with Gasteiger partial charge in [0.05, 0.1) is 5.03 Å². The highest BCUT2D eigenvalue weighted by molar-refractivity contribution is 6.40. The van der Waals surface area contributed by atoms with E-state index in [1.165, 1.54) is 5.57 Å². The van der Waals surface area contributed by atoms with Crippen LogP contribution in [-0.2, 0) is 0 Å². The van der Waals surface area contributed by atoms with Crippen molar-refractivity contribution in [3.63, 3.8) is 0 Å². The highest BCUT2D eigenvalue weighted by Gasteiger charge is 2.12. The molecule has 0 fully saturated rings. The summed E-state index contributed by atoms with van der Waals surface area (Å²) >= 11 is 11.7. The summed E-state index contributed by atoms with van der Waals surface area (Å²) in [4.78, 5) is 0. The Morgan fingerprint density at radius 1 is 1.10 bits per heavy atom. The second-order valence-corrected chi connectivity index (χ2v) is 3.46. The molecule has 56 valence electrons. The van der Waals surface area contributed by atoms with E-state index in [2.05, 4.69) is 6.92 Å². The Balaban J connectivity index is 3.01. The minimum Gasteiger partial charge on any atom is -0.0875 e. The van der Waals surface area contributed by atoms with Gasteiger partial charge in [-0.15, -0.1) is 0 Å². The third kappa shape index (κ3) is 1.38. The van der Waals surface area contributed by atoms with E-state index in [-0.39, 0.29) is 0 Å². The molecule has 10 heavy (non-hydrogen) atoms. The van der Waals surface area contributed by atoms with Gasteiger partial charge in [-0.3, -0.25) is 0 Å². The predicted molar refractivity (Wildman–Crippen MR) is 46.3 cm³/mol. The van der Waals surface area contributed by atoms with Crippen LogP contribution in [0, 0.1) is 0 Å². The average molecular weight is 177 g/mol. The summed E-state index contributed by atoms with van der Waals surface area (Å²) in [5.74, 6) is 0. The Bertz CT molecular complexity index is 187. The highest BCUT2D eigenvalue weighted by Crippen LogP contribution is 2.33. The number of rotatable bonds is 0. The molecule has 1 aliphatic carbocycles. The van der Waals surface area contributed by atoms with Gasteiger partial charge in [0, 0.05) is 5.03 Å². The minimum absolute atomic E-state index is 0.755. The summed E-state index contributed by atoms with van der Waals surface area (Å²) in [6.07, 6.45) is 1.96. The van der Waals surface area contributed by atoms with Crippen LogP contribution in [0.4, 0.5) is 0 Å². The maximum Gasteiger partial charge on any atom is 0.0579 e. The first-order valence-electron chi connectivity index (χ1n) is 3.34. The lowest BCUT2D eigenvalue weighted by molar-refractivity contribution is 0.920. The molecule has 0 heterocycles. The molecule has 0 unspecified atom stereocenters. The maximum atomic E-state index is 5.90. The van der Waals surface area contributed by atoms with Gasteiger partial charge in [0.2, 0.25) is 0 Å². The van der Waals surface area contributed by atoms with Crippen LogP contribution in [0.2, 0.25) is 0 Å². The fraction of sp³-hybridized carbons (Fsp3) is 0.500. The summed E-state index contributed by atoms with van der Waals surface area (Å²) in [5.41, 5.74) is 2.51. The summed E-state index contributed by atoms with van der Waals surface area (Å²) in [6, 6.07) is 0. The smallest absolute Gasteiger partial charge is 0.0579 e. The average Bonchev–Trinajstić information content (AvgIpc) is 1.93. The zero-order valence-electron chi connectivity index (χ0n) is 6.17. The van der Waals surface area contributed by atoms with Crippen molar-refractivity contribution in [1.29, 1.82) is 0 Å². The molecule has 0 aromatic carbocycles. The van der Waals surface area contributed by atoms with Gasteiger partial charge < -0.3 is 0 Å². The van der Waals surface area contributed by atoms with Crippen LogP contribution in [0.15, 0.2) is 21.2 Å². The fourth-order valence-electron chi connectivity index (χ4n) is 0.985. The number of hydrogen-bond donors (Lipinski definition) is 0. The Labute approximate surface area is 71.5 Å². The standard InChI is InChI=1S/C8H10Cl2/c1-5-3-4-7(9)8(10)6(5)2/h3-4H2,1-2H3. The first kappa shape index (κ1) is 8.16. The van der Waals surface area contributed by atoms with E-state index in [0.717, 1.165) is 28.5 Å².